The van der Waals surface area contributed by atoms with Gasteiger partial charge >= 0.3 is 0 Å². The van der Waals surface area contributed by atoms with Gasteiger partial charge in [-0.25, -0.2) is 0 Å². The first-order chi connectivity index (χ1) is 26.0. The van der Waals surface area contributed by atoms with E-state index in [1.165, 1.54) is 79.4 Å². The van der Waals surface area contributed by atoms with Crippen molar-refractivity contribution in [3.05, 3.63) is 193 Å². The molecular weight excluding hydrogens is 641 g/mol. The molecule has 0 aliphatic heterocycles. The van der Waals surface area contributed by atoms with Crippen molar-refractivity contribution in [2.45, 2.75) is 38.0 Å². The lowest BCUT2D eigenvalue weighted by atomic mass is 9.73. The number of allylic oxidation sites excluding steroid dienone is 2. The maximum absolute atomic E-state index is 2.49. The minimum absolute atomic E-state index is 0.0852. The third-order valence-electron chi connectivity index (χ3n) is 12.0. The number of anilines is 3. The van der Waals surface area contributed by atoms with E-state index in [1.54, 1.807) is 0 Å². The Labute approximate surface area is 312 Å². The average Bonchev–Trinajstić information content (AvgIpc) is 3.67. The van der Waals surface area contributed by atoms with E-state index in [-0.39, 0.29) is 5.41 Å². The van der Waals surface area contributed by atoms with Gasteiger partial charge in [-0.05, 0) is 130 Å². The molecule has 2 heteroatoms. The fraction of sp³-hybridized carbons (Fsp3) is 0.137. The van der Waals surface area contributed by atoms with Gasteiger partial charge in [0.1, 0.15) is 0 Å². The van der Waals surface area contributed by atoms with Gasteiger partial charge in [0, 0.05) is 33.5 Å². The summed E-state index contributed by atoms with van der Waals surface area (Å²) in [6, 6.07) is 62.4. The Bertz CT molecular complexity index is 2630. The van der Waals surface area contributed by atoms with Crippen molar-refractivity contribution in [3.8, 4) is 27.9 Å². The summed E-state index contributed by atoms with van der Waals surface area (Å²) >= 11 is 0. The summed E-state index contributed by atoms with van der Waals surface area (Å²) in [5.74, 6) is 1.16. The summed E-state index contributed by atoms with van der Waals surface area (Å²) in [5.41, 5.74) is 15.1. The topological polar surface area (TPSA) is 8.17 Å². The molecule has 53 heavy (non-hydrogen) atoms. The third kappa shape index (κ3) is 5.24. The summed E-state index contributed by atoms with van der Waals surface area (Å²) in [6.45, 7) is 4.88. The molecule has 2 atom stereocenters. The first-order valence-corrected chi connectivity index (χ1v) is 19.0. The first kappa shape index (κ1) is 31.6. The van der Waals surface area contributed by atoms with E-state index in [2.05, 4.69) is 205 Å². The van der Waals surface area contributed by atoms with E-state index in [0.717, 1.165) is 11.4 Å². The van der Waals surface area contributed by atoms with Crippen LogP contribution in [-0.2, 0) is 5.41 Å². The largest absolute Gasteiger partial charge is 0.310 e. The molecule has 1 heterocycles. The molecule has 2 unspecified atom stereocenters. The van der Waals surface area contributed by atoms with Crippen molar-refractivity contribution in [3.63, 3.8) is 0 Å². The number of rotatable bonds is 6. The van der Waals surface area contributed by atoms with Crippen molar-refractivity contribution in [2.24, 2.45) is 5.92 Å². The van der Waals surface area contributed by atoms with Gasteiger partial charge in [-0.3, -0.25) is 0 Å². The second-order valence-electron chi connectivity index (χ2n) is 15.3. The highest BCUT2D eigenvalue weighted by Crippen LogP contribution is 2.55. The van der Waals surface area contributed by atoms with Gasteiger partial charge < -0.3 is 9.47 Å². The predicted molar refractivity (Wildman–Crippen MR) is 224 cm³/mol. The number of hydrogen-bond donors (Lipinski definition) is 0. The lowest BCUT2D eigenvalue weighted by molar-refractivity contribution is 0.347. The fourth-order valence-corrected chi connectivity index (χ4v) is 9.36. The summed E-state index contributed by atoms with van der Waals surface area (Å²) in [5, 5.41) is 2.53. The second-order valence-corrected chi connectivity index (χ2v) is 15.3. The van der Waals surface area contributed by atoms with E-state index in [0.29, 0.717) is 11.8 Å². The van der Waals surface area contributed by atoms with E-state index in [1.807, 2.05) is 0 Å². The van der Waals surface area contributed by atoms with Gasteiger partial charge in [-0.1, -0.05) is 129 Å². The summed E-state index contributed by atoms with van der Waals surface area (Å²) in [4.78, 5) is 2.43. The fourth-order valence-electron chi connectivity index (χ4n) is 9.36. The SMILES string of the molecule is CC1(C)c2cc(N(c3ccc(-c4ccccc4)cc3)c3ccc(-c4ccc5c(c4)c4ccccc4n5-c4ccccc4)cc3)ccc2C2CCC=CC21. The van der Waals surface area contributed by atoms with Crippen molar-refractivity contribution >= 4 is 38.9 Å². The van der Waals surface area contributed by atoms with Gasteiger partial charge in [0.15, 0.2) is 0 Å². The number of fused-ring (bicyclic) bond motifs is 6. The number of para-hydroxylation sites is 2. The van der Waals surface area contributed by atoms with E-state index >= 15 is 0 Å². The molecule has 0 saturated carbocycles. The summed E-state index contributed by atoms with van der Waals surface area (Å²) in [7, 11) is 0. The molecule has 2 aliphatic rings. The van der Waals surface area contributed by atoms with Crippen LogP contribution in [0.2, 0.25) is 0 Å². The molecule has 0 radical (unpaired) electrons. The van der Waals surface area contributed by atoms with Crippen LogP contribution in [0, 0.1) is 5.92 Å². The summed E-state index contributed by atoms with van der Waals surface area (Å²) < 4.78 is 2.38. The van der Waals surface area contributed by atoms with Crippen LogP contribution in [0.1, 0.15) is 43.7 Å². The summed E-state index contributed by atoms with van der Waals surface area (Å²) in [6.07, 6.45) is 7.30. The van der Waals surface area contributed by atoms with E-state index in [4.69, 9.17) is 0 Å². The lowest BCUT2D eigenvalue weighted by Crippen LogP contribution is -2.25. The molecule has 0 amide bonds. The normalized spacial score (nSPS) is 17.2. The van der Waals surface area contributed by atoms with Crippen LogP contribution in [0.5, 0.6) is 0 Å². The molecule has 0 spiro atoms. The molecule has 256 valence electrons. The van der Waals surface area contributed by atoms with Crippen molar-refractivity contribution in [1.29, 1.82) is 0 Å². The number of aromatic nitrogens is 1. The molecule has 7 aromatic carbocycles. The van der Waals surface area contributed by atoms with Gasteiger partial charge in [-0.15, -0.1) is 0 Å². The van der Waals surface area contributed by atoms with Crippen LogP contribution in [0.25, 0.3) is 49.7 Å². The van der Waals surface area contributed by atoms with Gasteiger partial charge in [-0.2, -0.15) is 0 Å². The van der Waals surface area contributed by atoms with Crippen LogP contribution >= 0.6 is 0 Å². The highest BCUT2D eigenvalue weighted by atomic mass is 15.1. The molecule has 10 rings (SSSR count). The quantitative estimate of drug-likeness (QED) is 0.159. The second kappa shape index (κ2) is 12.5. The minimum atomic E-state index is 0.0852. The van der Waals surface area contributed by atoms with Gasteiger partial charge in [0.2, 0.25) is 0 Å². The monoisotopic (exact) mass is 682 g/mol. The Hall–Kier alpha value is -6.12. The maximum Gasteiger partial charge on any atom is 0.0541 e. The Morgan fingerprint density at radius 1 is 0.528 bits per heavy atom. The smallest absolute Gasteiger partial charge is 0.0541 e. The minimum Gasteiger partial charge on any atom is -0.310 e. The zero-order valence-corrected chi connectivity index (χ0v) is 30.3. The number of nitrogens with zero attached hydrogens (tertiary/aromatic N) is 2. The zero-order chi connectivity index (χ0) is 35.5. The van der Waals surface area contributed by atoms with Crippen LogP contribution in [0.4, 0.5) is 17.1 Å². The Morgan fingerprint density at radius 2 is 1.11 bits per heavy atom. The highest BCUT2D eigenvalue weighted by Gasteiger charge is 2.45. The third-order valence-corrected chi connectivity index (χ3v) is 12.0. The van der Waals surface area contributed by atoms with Crippen LogP contribution < -0.4 is 4.90 Å². The van der Waals surface area contributed by atoms with Crippen LogP contribution in [-0.4, -0.2) is 4.57 Å². The molecule has 0 saturated heterocycles. The van der Waals surface area contributed by atoms with E-state index < -0.39 is 0 Å². The Balaban J connectivity index is 1.06. The van der Waals surface area contributed by atoms with Crippen molar-refractivity contribution in [2.75, 3.05) is 4.90 Å². The molecule has 2 nitrogen and oxygen atoms in total. The zero-order valence-electron chi connectivity index (χ0n) is 30.3. The van der Waals surface area contributed by atoms with Crippen LogP contribution in [0.15, 0.2) is 182 Å². The van der Waals surface area contributed by atoms with Crippen molar-refractivity contribution in [1.82, 2.24) is 4.57 Å². The molecule has 0 N–H and O–H groups in total. The van der Waals surface area contributed by atoms with Gasteiger partial charge in [0.05, 0.1) is 11.0 Å². The Kier molecular flexibility index (Phi) is 7.47. The number of benzene rings is 7. The molecule has 1 aromatic heterocycles. The molecule has 8 aromatic rings. The Morgan fingerprint density at radius 3 is 1.85 bits per heavy atom. The maximum atomic E-state index is 2.49. The number of hydrogen-bond acceptors (Lipinski definition) is 1. The molecule has 0 fully saturated rings. The molecule has 2 aliphatic carbocycles. The van der Waals surface area contributed by atoms with Crippen molar-refractivity contribution < 1.29 is 0 Å². The molecular formula is C51H42N2. The lowest BCUT2D eigenvalue weighted by Gasteiger charge is -2.31. The predicted octanol–water partition coefficient (Wildman–Crippen LogP) is 13.9. The molecule has 0 bridgehead atoms. The van der Waals surface area contributed by atoms with Crippen LogP contribution in [0.3, 0.4) is 0 Å². The standard InChI is InChI=1S/C51H42N2/c1-51(2)47-19-11-9-17-43(47)44-31-30-42(34-48(44)51)52(40-26-21-36(22-27-40)35-13-5-3-6-14-35)41-28-23-37(24-29-41)38-25-32-50-46(33-38)45-18-10-12-20-49(45)53(50)39-15-7-4-8-16-39/h3-8,10-16,18-34,43,47H,9,17H2,1-2H3. The van der Waals surface area contributed by atoms with E-state index in [9.17, 15) is 0 Å². The highest BCUT2D eigenvalue weighted by molar-refractivity contribution is 6.10. The van der Waals surface area contributed by atoms with Gasteiger partial charge in [0.25, 0.3) is 0 Å². The average molecular weight is 683 g/mol. The first-order valence-electron chi connectivity index (χ1n) is 19.0.